The second-order valence-electron chi connectivity index (χ2n) is 5.50. The van der Waals surface area contributed by atoms with Gasteiger partial charge in [0.05, 0.1) is 10.6 Å². The van der Waals surface area contributed by atoms with Gasteiger partial charge in [-0.25, -0.2) is 0 Å². The van der Waals surface area contributed by atoms with Crippen LogP contribution < -0.4 is 25.4 Å². The van der Waals surface area contributed by atoms with Gasteiger partial charge in [-0.1, -0.05) is 35.9 Å². The van der Waals surface area contributed by atoms with Crippen LogP contribution in [0.3, 0.4) is 0 Å². The quantitative estimate of drug-likeness (QED) is 0.396. The first-order valence-corrected chi connectivity index (χ1v) is 9.25. The van der Waals surface area contributed by atoms with Crippen LogP contribution in [-0.2, 0) is 4.57 Å². The predicted octanol–water partition coefficient (Wildman–Crippen LogP) is 4.19. The van der Waals surface area contributed by atoms with Crippen LogP contribution in [0.2, 0.25) is 5.02 Å². The summed E-state index contributed by atoms with van der Waals surface area (Å²) < 4.78 is 26.1. The van der Waals surface area contributed by atoms with Crippen molar-refractivity contribution in [3.63, 3.8) is 0 Å². The van der Waals surface area contributed by atoms with Crippen molar-refractivity contribution >= 4 is 34.7 Å². The molecule has 0 spiro atoms. The van der Waals surface area contributed by atoms with Crippen LogP contribution >= 0.6 is 18.7 Å². The predicted molar refractivity (Wildman–Crippen MR) is 91.0 cm³/mol. The van der Waals surface area contributed by atoms with Gasteiger partial charge in [-0.3, -0.25) is 0 Å². The van der Waals surface area contributed by atoms with Gasteiger partial charge in [-0.2, -0.15) is 0 Å². The van der Waals surface area contributed by atoms with E-state index in [-0.39, 0.29) is 0 Å². The number of benzene rings is 3. The molecule has 0 saturated carbocycles. The minimum atomic E-state index is -3.04. The van der Waals surface area contributed by atoms with Crippen LogP contribution in [0.25, 0.3) is 0 Å². The molecule has 0 bridgehead atoms. The molecular formula is C18H10ClO3P. The molecule has 0 saturated heterocycles. The number of halogens is 1. The molecule has 0 amide bonds. The number of ether oxygens (including phenoxy) is 2. The summed E-state index contributed by atoms with van der Waals surface area (Å²) in [6.45, 7) is 0. The minimum absolute atomic E-state index is 0.490. The van der Waals surface area contributed by atoms with Gasteiger partial charge in [0, 0.05) is 17.2 Å². The Morgan fingerprint density at radius 1 is 0.739 bits per heavy atom. The van der Waals surface area contributed by atoms with E-state index in [1.807, 2.05) is 48.5 Å². The van der Waals surface area contributed by atoms with Crippen molar-refractivity contribution in [1.29, 1.82) is 0 Å². The molecule has 3 nitrogen and oxygen atoms in total. The second kappa shape index (κ2) is 4.41. The first-order chi connectivity index (χ1) is 11.2. The molecule has 2 aliphatic rings. The third-order valence-corrected chi connectivity index (χ3v) is 7.55. The maximum atomic E-state index is 14.2. The monoisotopic (exact) mass is 340 g/mol. The smallest absolute Gasteiger partial charge is 0.185 e. The van der Waals surface area contributed by atoms with Gasteiger partial charge in [0.15, 0.2) is 7.14 Å². The number of fused-ring (bicyclic) bond motifs is 4. The fraction of sp³-hybridized carbons (Fsp3) is 0. The molecule has 23 heavy (non-hydrogen) atoms. The van der Waals surface area contributed by atoms with Crippen LogP contribution in [0, 0.1) is 0 Å². The number of para-hydroxylation sites is 2. The molecular weight excluding hydrogens is 331 g/mol. The Balaban J connectivity index is 1.97. The molecule has 112 valence electrons. The van der Waals surface area contributed by atoms with Crippen molar-refractivity contribution in [3.8, 4) is 23.0 Å². The molecule has 0 radical (unpaired) electrons. The third kappa shape index (κ3) is 1.64. The fourth-order valence-electron chi connectivity index (χ4n) is 3.23. The molecule has 0 atom stereocenters. The second-order valence-corrected chi connectivity index (χ2v) is 8.57. The van der Waals surface area contributed by atoms with Gasteiger partial charge in [-0.05, 0) is 24.3 Å². The minimum Gasteiger partial charge on any atom is -0.456 e. The summed E-state index contributed by atoms with van der Waals surface area (Å²) in [5.74, 6) is 2.22. The van der Waals surface area contributed by atoms with E-state index < -0.39 is 7.14 Å². The lowest BCUT2D eigenvalue weighted by atomic mass is 10.2. The van der Waals surface area contributed by atoms with Crippen LogP contribution in [-0.4, -0.2) is 0 Å². The fourth-order valence-corrected chi connectivity index (χ4v) is 6.46. The third-order valence-electron chi connectivity index (χ3n) is 4.17. The molecule has 5 heteroatoms. The van der Waals surface area contributed by atoms with Crippen LogP contribution in [0.4, 0.5) is 0 Å². The topological polar surface area (TPSA) is 35.5 Å². The molecule has 3 aromatic carbocycles. The first kappa shape index (κ1) is 13.2. The molecule has 0 aliphatic carbocycles. The molecule has 0 N–H and O–H groups in total. The van der Waals surface area contributed by atoms with Crippen molar-refractivity contribution in [3.05, 3.63) is 65.7 Å². The summed E-state index contributed by atoms with van der Waals surface area (Å²) in [6, 6.07) is 18.3. The summed E-state index contributed by atoms with van der Waals surface area (Å²) in [4.78, 5) is 0. The van der Waals surface area contributed by atoms with E-state index in [4.69, 9.17) is 21.1 Å². The van der Waals surface area contributed by atoms with Gasteiger partial charge in [0.2, 0.25) is 0 Å². The van der Waals surface area contributed by atoms with Crippen molar-refractivity contribution < 1.29 is 14.0 Å². The molecule has 2 heterocycles. The summed E-state index contributed by atoms with van der Waals surface area (Å²) >= 11 is 6.18. The Morgan fingerprint density at radius 3 is 1.74 bits per heavy atom. The van der Waals surface area contributed by atoms with Crippen molar-refractivity contribution in [2.45, 2.75) is 0 Å². The van der Waals surface area contributed by atoms with E-state index >= 15 is 0 Å². The maximum Gasteiger partial charge on any atom is 0.185 e. The summed E-state index contributed by atoms with van der Waals surface area (Å²) in [7, 11) is -3.04. The van der Waals surface area contributed by atoms with E-state index in [9.17, 15) is 4.57 Å². The lowest BCUT2D eigenvalue weighted by molar-refractivity contribution is 0.462. The van der Waals surface area contributed by atoms with Gasteiger partial charge < -0.3 is 14.0 Å². The van der Waals surface area contributed by atoms with Gasteiger partial charge >= 0.3 is 0 Å². The Hall–Kier alpha value is -2.22. The zero-order chi connectivity index (χ0) is 15.6. The lowest BCUT2D eigenvalue weighted by Crippen LogP contribution is -2.34. The van der Waals surface area contributed by atoms with E-state index in [2.05, 4.69) is 0 Å². The highest BCUT2D eigenvalue weighted by atomic mass is 35.5. The van der Waals surface area contributed by atoms with Crippen molar-refractivity contribution in [2.75, 3.05) is 0 Å². The standard InChI is InChI=1S/C18H10ClO3P/c19-11-9-14-18-15(10-11)22-13-6-2-4-8-17(13)23(18,20)16-7-3-1-5-12(16)21-14/h1-10H. The van der Waals surface area contributed by atoms with Gasteiger partial charge in [0.1, 0.15) is 28.3 Å². The van der Waals surface area contributed by atoms with E-state index in [1.54, 1.807) is 12.1 Å². The highest BCUT2D eigenvalue weighted by Crippen LogP contribution is 2.58. The molecule has 2 aliphatic heterocycles. The highest BCUT2D eigenvalue weighted by molar-refractivity contribution is 7.86. The Bertz CT molecular complexity index is 954. The Morgan fingerprint density at radius 2 is 1.22 bits per heavy atom. The van der Waals surface area contributed by atoms with Crippen molar-refractivity contribution in [1.82, 2.24) is 0 Å². The number of hydrogen-bond donors (Lipinski definition) is 0. The Labute approximate surface area is 137 Å². The first-order valence-electron chi connectivity index (χ1n) is 7.17. The molecule has 0 unspecified atom stereocenters. The molecule has 0 fully saturated rings. The molecule has 5 rings (SSSR count). The average molecular weight is 341 g/mol. The maximum absolute atomic E-state index is 14.2. The molecule has 0 aromatic heterocycles. The van der Waals surface area contributed by atoms with E-state index in [1.165, 1.54) is 0 Å². The summed E-state index contributed by atoms with van der Waals surface area (Å²) in [6.07, 6.45) is 0. The van der Waals surface area contributed by atoms with Crippen LogP contribution in [0.15, 0.2) is 60.7 Å². The van der Waals surface area contributed by atoms with Crippen molar-refractivity contribution in [2.24, 2.45) is 0 Å². The Kier molecular flexibility index (Phi) is 2.54. The highest BCUT2D eigenvalue weighted by Gasteiger charge is 2.46. The van der Waals surface area contributed by atoms with Gasteiger partial charge in [0.25, 0.3) is 0 Å². The van der Waals surface area contributed by atoms with Crippen LogP contribution in [0.5, 0.6) is 23.0 Å². The largest absolute Gasteiger partial charge is 0.456 e. The summed E-state index contributed by atoms with van der Waals surface area (Å²) in [5, 5.41) is 2.49. The SMILES string of the molecule is O=P12c3ccccc3Oc3cc(Cl)cc(c31)Oc1ccccc12. The number of hydrogen-bond acceptors (Lipinski definition) is 3. The van der Waals surface area contributed by atoms with E-state index in [0.29, 0.717) is 43.9 Å². The average Bonchev–Trinajstić information content (AvgIpc) is 2.54. The van der Waals surface area contributed by atoms with Gasteiger partial charge in [-0.15, -0.1) is 0 Å². The normalized spacial score (nSPS) is 15.5. The van der Waals surface area contributed by atoms with E-state index in [0.717, 1.165) is 0 Å². The lowest BCUT2D eigenvalue weighted by Gasteiger charge is -2.34. The zero-order valence-electron chi connectivity index (χ0n) is 11.8. The zero-order valence-corrected chi connectivity index (χ0v) is 13.5. The molecule has 3 aromatic rings. The summed E-state index contributed by atoms with van der Waals surface area (Å²) in [5.41, 5.74) is 0. The number of rotatable bonds is 0. The van der Waals surface area contributed by atoms with Crippen LogP contribution in [0.1, 0.15) is 0 Å².